The van der Waals surface area contributed by atoms with Gasteiger partial charge in [0.05, 0.1) is 17.5 Å². The highest BCUT2D eigenvalue weighted by Gasteiger charge is 2.36. The number of aromatic nitrogens is 2. The minimum absolute atomic E-state index is 0.188. The van der Waals surface area contributed by atoms with Gasteiger partial charge in [0.2, 0.25) is 0 Å². The van der Waals surface area contributed by atoms with Gasteiger partial charge in [-0.25, -0.2) is 4.68 Å². The van der Waals surface area contributed by atoms with E-state index in [1.165, 1.54) is 4.68 Å². The Morgan fingerprint density at radius 2 is 2.00 bits per heavy atom. The zero-order valence-electron chi connectivity index (χ0n) is 12.2. The molecule has 1 aromatic heterocycles. The Morgan fingerprint density at radius 3 is 2.60 bits per heavy atom. The molecule has 0 saturated heterocycles. The Kier molecular flexibility index (Phi) is 4.25. The van der Waals surface area contributed by atoms with Crippen molar-refractivity contribution in [2.45, 2.75) is 45.1 Å². The first-order valence-electron chi connectivity index (χ1n) is 6.91. The van der Waals surface area contributed by atoms with Gasteiger partial charge in [-0.15, -0.1) is 0 Å². The van der Waals surface area contributed by atoms with Crippen molar-refractivity contribution in [2.24, 2.45) is 12.5 Å². The number of halogens is 1. The van der Waals surface area contributed by atoms with Gasteiger partial charge in [-0.1, -0.05) is 13.8 Å². The topological polar surface area (TPSA) is 67.2 Å². The highest BCUT2D eigenvalue weighted by atomic mass is 79.9. The van der Waals surface area contributed by atoms with E-state index in [-0.39, 0.29) is 5.56 Å². The second-order valence-corrected chi connectivity index (χ2v) is 7.34. The number of hydrogen-bond donors (Lipinski definition) is 2. The molecule has 0 radical (unpaired) electrons. The normalized spacial score (nSPS) is 20.6. The molecule has 1 aromatic rings. The Bertz CT molecular complexity index is 544. The van der Waals surface area contributed by atoms with E-state index in [0.717, 1.165) is 25.7 Å². The summed E-state index contributed by atoms with van der Waals surface area (Å²) >= 11 is 3.27. The fraction of sp³-hybridized carbons (Fsp3) is 0.714. The van der Waals surface area contributed by atoms with Crippen LogP contribution in [0.4, 0.5) is 5.69 Å². The van der Waals surface area contributed by atoms with E-state index in [1.54, 1.807) is 13.2 Å². The van der Waals surface area contributed by atoms with E-state index in [0.29, 0.717) is 22.1 Å². The van der Waals surface area contributed by atoms with Crippen molar-refractivity contribution < 1.29 is 5.11 Å². The van der Waals surface area contributed by atoms with Crippen molar-refractivity contribution in [2.75, 3.05) is 11.9 Å². The van der Waals surface area contributed by atoms with E-state index in [9.17, 15) is 9.90 Å². The summed E-state index contributed by atoms with van der Waals surface area (Å²) in [4.78, 5) is 11.8. The Hall–Kier alpha value is -0.880. The number of rotatable bonds is 3. The molecule has 6 heteroatoms. The van der Waals surface area contributed by atoms with Crippen LogP contribution in [0.1, 0.15) is 39.5 Å². The lowest BCUT2D eigenvalue weighted by Gasteiger charge is -2.40. The quantitative estimate of drug-likeness (QED) is 0.883. The minimum Gasteiger partial charge on any atom is -0.388 e. The predicted octanol–water partition coefficient (Wildman–Crippen LogP) is 2.29. The lowest BCUT2D eigenvalue weighted by atomic mass is 9.71. The summed E-state index contributed by atoms with van der Waals surface area (Å²) in [6, 6.07) is 0. The lowest BCUT2D eigenvalue weighted by molar-refractivity contribution is -0.0145. The van der Waals surface area contributed by atoms with Crippen LogP contribution in [0.3, 0.4) is 0 Å². The van der Waals surface area contributed by atoms with E-state index in [4.69, 9.17) is 0 Å². The standard InChI is InChI=1S/C14H22BrN3O2/c1-13(2)4-6-14(20,7-5-13)9-16-10-8-17-18(3)12(19)11(10)15/h8,16,20H,4-7,9H2,1-3H3. The molecule has 2 rings (SSSR count). The summed E-state index contributed by atoms with van der Waals surface area (Å²) in [5, 5.41) is 17.7. The fourth-order valence-corrected chi connectivity index (χ4v) is 2.96. The second kappa shape index (κ2) is 5.48. The van der Waals surface area contributed by atoms with E-state index >= 15 is 0 Å². The third-order valence-corrected chi connectivity index (χ3v) is 4.99. The van der Waals surface area contributed by atoms with Gasteiger partial charge in [0.25, 0.3) is 5.56 Å². The number of anilines is 1. The molecular formula is C14H22BrN3O2. The van der Waals surface area contributed by atoms with Gasteiger partial charge >= 0.3 is 0 Å². The SMILES string of the molecule is Cn1ncc(NCC2(O)CCC(C)(C)CC2)c(Br)c1=O. The average molecular weight is 344 g/mol. The van der Waals surface area contributed by atoms with E-state index < -0.39 is 5.60 Å². The Labute approximate surface area is 127 Å². The first kappa shape index (κ1) is 15.5. The Balaban J connectivity index is 2.03. The van der Waals surface area contributed by atoms with Crippen molar-refractivity contribution in [1.82, 2.24) is 9.78 Å². The molecule has 112 valence electrons. The lowest BCUT2D eigenvalue weighted by Crippen LogP contribution is -2.42. The zero-order chi connectivity index (χ0) is 15.0. The van der Waals surface area contributed by atoms with Gasteiger partial charge in [0.15, 0.2) is 0 Å². The molecule has 1 aliphatic rings. The molecule has 0 bridgehead atoms. The predicted molar refractivity (Wildman–Crippen MR) is 82.9 cm³/mol. The van der Waals surface area contributed by atoms with Crippen molar-refractivity contribution >= 4 is 21.6 Å². The molecule has 0 spiro atoms. The van der Waals surface area contributed by atoms with E-state index in [1.807, 2.05) is 0 Å². The number of aliphatic hydroxyl groups is 1. The highest BCUT2D eigenvalue weighted by molar-refractivity contribution is 9.10. The summed E-state index contributed by atoms with van der Waals surface area (Å²) in [7, 11) is 1.60. The van der Waals surface area contributed by atoms with Crippen LogP contribution in [0.25, 0.3) is 0 Å². The monoisotopic (exact) mass is 343 g/mol. The number of nitrogens with one attached hydrogen (secondary N) is 1. The van der Waals surface area contributed by atoms with Gasteiger partial charge < -0.3 is 10.4 Å². The maximum Gasteiger partial charge on any atom is 0.282 e. The largest absolute Gasteiger partial charge is 0.388 e. The molecule has 0 amide bonds. The van der Waals surface area contributed by atoms with Crippen LogP contribution < -0.4 is 10.9 Å². The maximum atomic E-state index is 11.8. The van der Waals surface area contributed by atoms with Gasteiger partial charge in [0.1, 0.15) is 4.47 Å². The maximum absolute atomic E-state index is 11.8. The van der Waals surface area contributed by atoms with Crippen LogP contribution in [0.2, 0.25) is 0 Å². The van der Waals surface area contributed by atoms with Gasteiger partial charge in [0, 0.05) is 13.6 Å². The smallest absolute Gasteiger partial charge is 0.282 e. The van der Waals surface area contributed by atoms with Crippen LogP contribution in [-0.4, -0.2) is 27.0 Å². The molecule has 1 saturated carbocycles. The third kappa shape index (κ3) is 3.41. The zero-order valence-corrected chi connectivity index (χ0v) is 13.8. The molecule has 0 atom stereocenters. The third-order valence-electron chi connectivity index (χ3n) is 4.22. The van der Waals surface area contributed by atoms with Crippen LogP contribution in [0, 0.1) is 5.41 Å². The minimum atomic E-state index is -0.698. The number of aryl methyl sites for hydroxylation is 1. The molecule has 5 nitrogen and oxygen atoms in total. The summed E-state index contributed by atoms with van der Waals surface area (Å²) in [6.07, 6.45) is 5.19. The van der Waals surface area contributed by atoms with Gasteiger partial charge in [-0.05, 0) is 47.0 Å². The van der Waals surface area contributed by atoms with Crippen molar-refractivity contribution in [3.8, 4) is 0 Å². The summed E-state index contributed by atoms with van der Waals surface area (Å²) in [5.41, 5.74) is 0.0609. The van der Waals surface area contributed by atoms with Crippen LogP contribution >= 0.6 is 15.9 Å². The first-order valence-corrected chi connectivity index (χ1v) is 7.70. The molecule has 20 heavy (non-hydrogen) atoms. The second-order valence-electron chi connectivity index (χ2n) is 6.54. The first-order chi connectivity index (χ1) is 9.22. The van der Waals surface area contributed by atoms with Gasteiger partial charge in [-0.3, -0.25) is 4.79 Å². The Morgan fingerprint density at radius 1 is 1.40 bits per heavy atom. The summed E-state index contributed by atoms with van der Waals surface area (Å²) < 4.78 is 1.72. The molecular weight excluding hydrogens is 322 g/mol. The molecule has 0 aliphatic heterocycles. The fourth-order valence-electron chi connectivity index (χ4n) is 2.46. The van der Waals surface area contributed by atoms with Crippen molar-refractivity contribution in [3.05, 3.63) is 21.0 Å². The molecule has 2 N–H and O–H groups in total. The average Bonchev–Trinajstić information content (AvgIpc) is 2.40. The molecule has 0 aromatic carbocycles. The highest BCUT2D eigenvalue weighted by Crippen LogP contribution is 2.40. The van der Waals surface area contributed by atoms with Crippen LogP contribution in [-0.2, 0) is 7.05 Å². The summed E-state index contributed by atoms with van der Waals surface area (Å²) in [5.74, 6) is 0. The van der Waals surface area contributed by atoms with Gasteiger partial charge in [-0.2, -0.15) is 5.10 Å². The number of nitrogens with zero attached hydrogens (tertiary/aromatic N) is 2. The van der Waals surface area contributed by atoms with E-state index in [2.05, 4.69) is 40.2 Å². The van der Waals surface area contributed by atoms with Crippen molar-refractivity contribution in [3.63, 3.8) is 0 Å². The molecule has 1 fully saturated rings. The molecule has 1 aliphatic carbocycles. The number of hydrogen-bond acceptors (Lipinski definition) is 4. The molecule has 1 heterocycles. The summed E-state index contributed by atoms with van der Waals surface area (Å²) in [6.45, 7) is 4.92. The van der Waals surface area contributed by atoms with Crippen LogP contribution in [0.15, 0.2) is 15.5 Å². The van der Waals surface area contributed by atoms with Crippen LogP contribution in [0.5, 0.6) is 0 Å². The van der Waals surface area contributed by atoms with Crippen molar-refractivity contribution in [1.29, 1.82) is 0 Å². The molecule has 0 unspecified atom stereocenters.